The number of likely N-dealkylation sites (N-methyl/N-ethyl adjacent to an activating group) is 2. The number of fused-ring (bicyclic) bond motifs is 4. The molecule has 4 heterocycles. The van der Waals surface area contributed by atoms with Gasteiger partial charge in [0.25, 0.3) is 0 Å². The van der Waals surface area contributed by atoms with E-state index in [0.29, 0.717) is 44.1 Å². The summed E-state index contributed by atoms with van der Waals surface area (Å²) in [6.45, 7) is 5.09. The van der Waals surface area contributed by atoms with Gasteiger partial charge in [-0.25, -0.2) is 14.4 Å². The van der Waals surface area contributed by atoms with Crippen LogP contribution in [-0.4, -0.2) is 95.5 Å². The van der Waals surface area contributed by atoms with Crippen molar-refractivity contribution in [3.8, 4) is 0 Å². The van der Waals surface area contributed by atoms with Gasteiger partial charge in [-0.2, -0.15) is 0 Å². The Bertz CT molecular complexity index is 915. The van der Waals surface area contributed by atoms with E-state index in [1.807, 2.05) is 14.1 Å². The lowest BCUT2D eigenvalue weighted by Crippen LogP contribution is -2.46. The monoisotopic (exact) mass is 490 g/mol. The van der Waals surface area contributed by atoms with E-state index < -0.39 is 11.9 Å². The van der Waals surface area contributed by atoms with Gasteiger partial charge in [0, 0.05) is 61.0 Å². The van der Waals surface area contributed by atoms with E-state index in [2.05, 4.69) is 9.80 Å². The molecule has 4 rings (SSSR count). The fraction of sp³-hybridized carbons (Fsp3) is 0.731. The molecule has 0 radical (unpaired) electrons. The minimum absolute atomic E-state index is 0.000746. The number of aliphatic hydroxyl groups is 1. The average Bonchev–Trinajstić information content (AvgIpc) is 3.07. The van der Waals surface area contributed by atoms with E-state index in [4.69, 9.17) is 14.2 Å². The van der Waals surface area contributed by atoms with Gasteiger partial charge < -0.3 is 19.3 Å². The highest BCUT2D eigenvalue weighted by Gasteiger charge is 2.48. The summed E-state index contributed by atoms with van der Waals surface area (Å²) in [5.41, 5.74) is 0.776. The van der Waals surface area contributed by atoms with Gasteiger partial charge >= 0.3 is 17.9 Å². The molecule has 0 saturated carbocycles. The molecule has 0 aliphatic carbocycles. The van der Waals surface area contributed by atoms with Crippen LogP contribution in [0.15, 0.2) is 23.3 Å². The molecule has 4 aliphatic heterocycles. The Hall–Kier alpha value is -2.23. The van der Waals surface area contributed by atoms with Crippen molar-refractivity contribution < 1.29 is 33.7 Å². The highest BCUT2D eigenvalue weighted by molar-refractivity contribution is 5.96. The van der Waals surface area contributed by atoms with Crippen molar-refractivity contribution in [2.45, 2.75) is 108 Å². The SMILES string of the molecule is C/C=C(/C)C(=O)O[C@@H]1C[C@H]2C[C@@H](OC(=O)/C=C(\C)C(=O)O[C@H]3C[C@@H]4C[C@H](O)C[C@H]3N4C)C[C@@H]1N2C. The zero-order chi connectivity index (χ0) is 25.4. The van der Waals surface area contributed by atoms with Crippen LogP contribution in [0.3, 0.4) is 0 Å². The fourth-order valence-corrected chi connectivity index (χ4v) is 6.13. The second kappa shape index (κ2) is 10.4. The van der Waals surface area contributed by atoms with Crippen molar-refractivity contribution in [2.75, 3.05) is 14.1 Å². The molecule has 0 aromatic rings. The van der Waals surface area contributed by atoms with Crippen molar-refractivity contribution in [3.05, 3.63) is 23.3 Å². The topological polar surface area (TPSA) is 106 Å². The number of nitrogens with zero attached hydrogens (tertiary/aromatic N) is 2. The molecular weight excluding hydrogens is 452 g/mol. The summed E-state index contributed by atoms with van der Waals surface area (Å²) < 4.78 is 17.1. The highest BCUT2D eigenvalue weighted by Crippen LogP contribution is 2.38. The number of carbonyl (C=O) groups excluding carboxylic acids is 3. The van der Waals surface area contributed by atoms with E-state index in [0.717, 1.165) is 0 Å². The zero-order valence-corrected chi connectivity index (χ0v) is 21.3. The Morgan fingerprint density at radius 3 is 1.91 bits per heavy atom. The number of ether oxygens (including phenoxy) is 3. The molecule has 9 nitrogen and oxygen atoms in total. The molecule has 4 fully saturated rings. The number of hydrogen-bond donors (Lipinski definition) is 1. The highest BCUT2D eigenvalue weighted by atomic mass is 16.6. The van der Waals surface area contributed by atoms with Crippen LogP contribution in [0.5, 0.6) is 0 Å². The third kappa shape index (κ3) is 5.47. The lowest BCUT2D eigenvalue weighted by Gasteiger charge is -2.36. The van der Waals surface area contributed by atoms with Crippen molar-refractivity contribution in [1.82, 2.24) is 9.80 Å². The maximum absolute atomic E-state index is 12.6. The number of hydrogen-bond acceptors (Lipinski definition) is 9. The molecule has 4 aliphatic rings. The van der Waals surface area contributed by atoms with Gasteiger partial charge in [0.05, 0.1) is 12.1 Å². The molecule has 8 atom stereocenters. The molecule has 4 saturated heterocycles. The maximum Gasteiger partial charge on any atom is 0.334 e. The van der Waals surface area contributed by atoms with Gasteiger partial charge in [-0.15, -0.1) is 0 Å². The van der Waals surface area contributed by atoms with E-state index in [-0.39, 0.29) is 60.1 Å². The zero-order valence-electron chi connectivity index (χ0n) is 21.3. The van der Waals surface area contributed by atoms with Crippen LogP contribution in [0.2, 0.25) is 0 Å². The summed E-state index contributed by atoms with van der Waals surface area (Å²) in [5, 5.41) is 10.0. The predicted octanol–water partition coefficient (Wildman–Crippen LogP) is 1.73. The molecule has 0 aromatic carbocycles. The lowest BCUT2D eigenvalue weighted by molar-refractivity contribution is -0.151. The molecule has 1 N–H and O–H groups in total. The number of rotatable bonds is 6. The van der Waals surface area contributed by atoms with Crippen LogP contribution in [0.1, 0.15) is 59.3 Å². The van der Waals surface area contributed by atoms with E-state index in [1.165, 1.54) is 6.08 Å². The molecular formula is C26H38N2O7. The fourth-order valence-electron chi connectivity index (χ4n) is 6.13. The Kier molecular flexibility index (Phi) is 7.68. The molecule has 194 valence electrons. The number of aliphatic hydroxyl groups excluding tert-OH is 1. The van der Waals surface area contributed by atoms with Gasteiger partial charge in [-0.1, -0.05) is 6.08 Å². The largest absolute Gasteiger partial charge is 0.459 e. The normalized spacial score (nSPS) is 37.8. The summed E-state index contributed by atoms with van der Waals surface area (Å²) >= 11 is 0. The smallest absolute Gasteiger partial charge is 0.334 e. The first-order valence-electron chi connectivity index (χ1n) is 12.6. The van der Waals surface area contributed by atoms with E-state index >= 15 is 0 Å². The average molecular weight is 491 g/mol. The first-order chi connectivity index (χ1) is 16.6. The molecule has 0 spiro atoms. The van der Waals surface area contributed by atoms with Crippen LogP contribution >= 0.6 is 0 Å². The van der Waals surface area contributed by atoms with E-state index in [9.17, 15) is 19.5 Å². The maximum atomic E-state index is 12.6. The third-order valence-electron chi connectivity index (χ3n) is 8.37. The first kappa shape index (κ1) is 25.9. The van der Waals surface area contributed by atoms with Gasteiger partial charge in [0.15, 0.2) is 0 Å². The summed E-state index contributed by atoms with van der Waals surface area (Å²) in [7, 11) is 4.01. The van der Waals surface area contributed by atoms with Crippen LogP contribution < -0.4 is 0 Å². The second-order valence-electron chi connectivity index (χ2n) is 10.6. The number of piperidine rings is 2. The predicted molar refractivity (Wildman–Crippen MR) is 127 cm³/mol. The third-order valence-corrected chi connectivity index (χ3v) is 8.37. The van der Waals surface area contributed by atoms with Gasteiger partial charge in [0.1, 0.15) is 18.3 Å². The van der Waals surface area contributed by atoms with Crippen molar-refractivity contribution in [1.29, 1.82) is 0 Å². The van der Waals surface area contributed by atoms with E-state index in [1.54, 1.807) is 26.8 Å². The van der Waals surface area contributed by atoms with Crippen LogP contribution in [0, 0.1) is 0 Å². The summed E-state index contributed by atoms with van der Waals surface area (Å²) in [6.07, 6.45) is 5.67. The second-order valence-corrected chi connectivity index (χ2v) is 10.6. The number of esters is 3. The van der Waals surface area contributed by atoms with Crippen molar-refractivity contribution in [3.63, 3.8) is 0 Å². The Morgan fingerprint density at radius 2 is 1.31 bits per heavy atom. The molecule has 35 heavy (non-hydrogen) atoms. The van der Waals surface area contributed by atoms with Gasteiger partial charge in [-0.05, 0) is 47.7 Å². The van der Waals surface area contributed by atoms with Crippen LogP contribution in [-0.2, 0) is 28.6 Å². The Labute approximate surface area is 207 Å². The minimum Gasteiger partial charge on any atom is -0.459 e. The van der Waals surface area contributed by atoms with Gasteiger partial charge in [0.2, 0.25) is 0 Å². The molecule has 0 unspecified atom stereocenters. The minimum atomic E-state index is -0.565. The molecule has 0 amide bonds. The van der Waals surface area contributed by atoms with Gasteiger partial charge in [-0.3, -0.25) is 9.80 Å². The number of carbonyl (C=O) groups is 3. The van der Waals surface area contributed by atoms with Crippen LogP contribution in [0.25, 0.3) is 0 Å². The van der Waals surface area contributed by atoms with Crippen molar-refractivity contribution in [2.24, 2.45) is 0 Å². The lowest BCUT2D eigenvalue weighted by atomic mass is 10.00. The quantitative estimate of drug-likeness (QED) is 0.338. The summed E-state index contributed by atoms with van der Waals surface area (Å²) in [5.74, 6) is -1.41. The summed E-state index contributed by atoms with van der Waals surface area (Å²) in [4.78, 5) is 41.8. The Balaban J connectivity index is 1.30. The van der Waals surface area contributed by atoms with Crippen LogP contribution in [0.4, 0.5) is 0 Å². The number of allylic oxidation sites excluding steroid dienone is 1. The van der Waals surface area contributed by atoms with Crippen molar-refractivity contribution >= 4 is 17.9 Å². The summed E-state index contributed by atoms with van der Waals surface area (Å²) in [6, 6.07) is 0.366. The first-order valence-corrected chi connectivity index (χ1v) is 12.6. The molecule has 0 aromatic heterocycles. The molecule has 9 heteroatoms. The Morgan fingerprint density at radius 1 is 0.771 bits per heavy atom. The standard InChI is InChI=1S/C26H38N2O7/c1-6-14(2)25(31)34-23-11-17-9-19(13-21(23)28(17)5)33-24(30)7-15(3)26(32)35-22-10-16-8-18(29)12-20(22)27(16)4/h6-7,16-23,29H,8-13H2,1-5H3/b14-6-,15-7+/t16-,17+,18-,19+,20+,21-,22-,23+/m0/s1. The molecule has 4 bridgehead atoms.